The Balaban J connectivity index is 2.05. The van der Waals surface area contributed by atoms with E-state index in [9.17, 15) is 9.59 Å². The molecule has 1 N–H and O–H groups in total. The van der Waals surface area contributed by atoms with Crippen LogP contribution in [0.15, 0.2) is 24.3 Å². The Morgan fingerprint density at radius 3 is 1.62 bits per heavy atom. The number of nitrogens with one attached hydrogen (secondary N) is 1. The first-order valence-corrected chi connectivity index (χ1v) is 14.0. The third-order valence-corrected chi connectivity index (χ3v) is 6.51. The fourth-order valence-corrected chi connectivity index (χ4v) is 4.16. The van der Waals surface area contributed by atoms with Crippen LogP contribution in [0.25, 0.3) is 0 Å². The van der Waals surface area contributed by atoms with Gasteiger partial charge in [-0.1, -0.05) is 128 Å². The molecule has 0 aromatic heterocycles. The monoisotopic (exact) mass is 473 g/mol. The second-order valence-electron chi connectivity index (χ2n) is 10.2. The molecule has 1 atom stereocenters. The van der Waals surface area contributed by atoms with Crippen molar-refractivity contribution in [2.24, 2.45) is 5.92 Å². The summed E-state index contributed by atoms with van der Waals surface area (Å²) in [7, 11) is 0. The van der Waals surface area contributed by atoms with Gasteiger partial charge in [-0.2, -0.15) is 0 Å². The van der Waals surface area contributed by atoms with Gasteiger partial charge in [0.15, 0.2) is 0 Å². The summed E-state index contributed by atoms with van der Waals surface area (Å²) in [6, 6.07) is 6.74. The highest BCUT2D eigenvalue weighted by Gasteiger charge is 2.26. The minimum atomic E-state index is -0.620. The third-order valence-electron chi connectivity index (χ3n) is 6.51. The number of hydrogen-bond acceptors (Lipinski definition) is 3. The molecule has 0 heterocycles. The first-order valence-electron chi connectivity index (χ1n) is 14.0. The minimum Gasteiger partial charge on any atom is -0.464 e. The number of benzene rings is 1. The highest BCUT2D eigenvalue weighted by atomic mass is 16.5. The maximum Gasteiger partial charge on any atom is 0.328 e. The van der Waals surface area contributed by atoms with E-state index in [1.807, 2.05) is 32.9 Å². The predicted octanol–water partition coefficient (Wildman–Crippen LogP) is 8.16. The molecule has 4 nitrogen and oxygen atoms in total. The molecule has 194 valence electrons. The lowest BCUT2D eigenvalue weighted by Gasteiger charge is -2.21. The molecular formula is C30H51NO3. The van der Waals surface area contributed by atoms with E-state index in [1.165, 1.54) is 83.5 Å². The van der Waals surface area contributed by atoms with Gasteiger partial charge in [0.25, 0.3) is 5.91 Å². The second kappa shape index (κ2) is 19.5. The summed E-state index contributed by atoms with van der Waals surface area (Å²) in [5.41, 5.74) is 1.66. The summed E-state index contributed by atoms with van der Waals surface area (Å²) in [5, 5.41) is 2.84. The molecule has 0 fully saturated rings. The quantitative estimate of drug-likeness (QED) is 0.153. The Morgan fingerprint density at radius 2 is 1.18 bits per heavy atom. The van der Waals surface area contributed by atoms with Crippen molar-refractivity contribution in [2.45, 2.75) is 130 Å². The second-order valence-corrected chi connectivity index (χ2v) is 10.2. The van der Waals surface area contributed by atoms with E-state index in [-0.39, 0.29) is 17.8 Å². The molecule has 1 aromatic carbocycles. The van der Waals surface area contributed by atoms with Gasteiger partial charge in [0, 0.05) is 5.56 Å². The smallest absolute Gasteiger partial charge is 0.328 e. The summed E-state index contributed by atoms with van der Waals surface area (Å²) >= 11 is 0. The van der Waals surface area contributed by atoms with Crippen LogP contribution in [0.3, 0.4) is 0 Å². The van der Waals surface area contributed by atoms with E-state index in [2.05, 4.69) is 12.2 Å². The van der Waals surface area contributed by atoms with Crippen molar-refractivity contribution in [3.8, 4) is 0 Å². The van der Waals surface area contributed by atoms with Gasteiger partial charge in [-0.05, 0) is 31.4 Å². The third kappa shape index (κ3) is 14.4. The Bertz CT molecular complexity index is 654. The Morgan fingerprint density at radius 1 is 0.735 bits per heavy atom. The molecule has 0 aliphatic rings. The van der Waals surface area contributed by atoms with E-state index in [1.54, 1.807) is 12.1 Å². The van der Waals surface area contributed by atoms with Gasteiger partial charge in [0.2, 0.25) is 0 Å². The van der Waals surface area contributed by atoms with Crippen LogP contribution in [0, 0.1) is 12.8 Å². The molecule has 1 amide bonds. The highest BCUT2D eigenvalue weighted by molar-refractivity contribution is 5.96. The van der Waals surface area contributed by atoms with Crippen molar-refractivity contribution in [3.63, 3.8) is 0 Å². The normalized spacial score (nSPS) is 12.0. The van der Waals surface area contributed by atoms with E-state index in [0.717, 1.165) is 18.4 Å². The zero-order valence-electron chi connectivity index (χ0n) is 22.5. The molecule has 0 bridgehead atoms. The zero-order valence-corrected chi connectivity index (χ0v) is 22.5. The van der Waals surface area contributed by atoms with Crippen LogP contribution in [0.1, 0.15) is 133 Å². The van der Waals surface area contributed by atoms with E-state index < -0.39 is 6.04 Å². The molecule has 0 radical (unpaired) electrons. The average Bonchev–Trinajstić information content (AvgIpc) is 2.82. The molecule has 1 unspecified atom stereocenters. The maximum atomic E-state index is 12.5. The number of rotatable bonds is 20. The van der Waals surface area contributed by atoms with Gasteiger partial charge in [0.1, 0.15) is 6.04 Å². The zero-order chi connectivity index (χ0) is 25.0. The molecule has 1 rings (SSSR count). The lowest BCUT2D eigenvalue weighted by Crippen LogP contribution is -2.45. The van der Waals surface area contributed by atoms with Crippen LogP contribution in [-0.4, -0.2) is 24.5 Å². The summed E-state index contributed by atoms with van der Waals surface area (Å²) < 4.78 is 5.48. The van der Waals surface area contributed by atoms with Gasteiger partial charge < -0.3 is 10.1 Å². The molecule has 0 aliphatic heterocycles. The van der Waals surface area contributed by atoms with E-state index >= 15 is 0 Å². The van der Waals surface area contributed by atoms with E-state index in [4.69, 9.17) is 4.74 Å². The van der Waals surface area contributed by atoms with Crippen molar-refractivity contribution >= 4 is 11.9 Å². The summed E-state index contributed by atoms with van der Waals surface area (Å²) in [6.45, 7) is 8.53. The fourth-order valence-electron chi connectivity index (χ4n) is 4.16. The van der Waals surface area contributed by atoms with E-state index in [0.29, 0.717) is 12.2 Å². The fraction of sp³-hybridized carbons (Fsp3) is 0.733. The number of hydrogen-bond donors (Lipinski definition) is 1. The standard InChI is InChI=1S/C30H51NO3/c1-5-6-7-8-9-10-11-12-13-14-15-16-17-18-19-24-34-30(33)28(25(2)3)31-29(32)27-22-20-26(4)21-23-27/h20-23,25,28H,5-19,24H2,1-4H3,(H,31,32). The number of aryl methyl sites for hydroxylation is 1. The van der Waals surface area contributed by atoms with Crippen LogP contribution in [0.4, 0.5) is 0 Å². The van der Waals surface area contributed by atoms with Crippen LogP contribution < -0.4 is 5.32 Å². The summed E-state index contributed by atoms with van der Waals surface area (Å²) in [4.78, 5) is 25.0. The minimum absolute atomic E-state index is 0.0250. The molecule has 1 aromatic rings. The first kappa shape index (κ1) is 30.2. The predicted molar refractivity (Wildman–Crippen MR) is 143 cm³/mol. The lowest BCUT2D eigenvalue weighted by molar-refractivity contribution is -0.147. The lowest BCUT2D eigenvalue weighted by atomic mass is 10.0. The first-order chi connectivity index (χ1) is 16.5. The maximum absolute atomic E-state index is 12.5. The SMILES string of the molecule is CCCCCCCCCCCCCCCCCOC(=O)C(NC(=O)c1ccc(C)cc1)C(C)C. The van der Waals surface area contributed by atoms with Gasteiger partial charge >= 0.3 is 5.97 Å². The molecule has 0 aliphatic carbocycles. The summed E-state index contributed by atoms with van der Waals surface area (Å²) in [5.74, 6) is -0.591. The van der Waals surface area contributed by atoms with Gasteiger partial charge in [-0.15, -0.1) is 0 Å². The largest absolute Gasteiger partial charge is 0.464 e. The Labute approximate surface area is 209 Å². The molecule has 34 heavy (non-hydrogen) atoms. The van der Waals surface area contributed by atoms with Crippen LogP contribution in [-0.2, 0) is 9.53 Å². The van der Waals surface area contributed by atoms with Gasteiger partial charge in [0.05, 0.1) is 6.61 Å². The number of carbonyl (C=O) groups excluding carboxylic acids is 2. The molecule has 0 saturated carbocycles. The number of carbonyl (C=O) groups is 2. The van der Waals surface area contributed by atoms with Gasteiger partial charge in [-0.25, -0.2) is 4.79 Å². The molecular weight excluding hydrogens is 422 g/mol. The van der Waals surface area contributed by atoms with Crippen molar-refractivity contribution < 1.29 is 14.3 Å². The number of unbranched alkanes of at least 4 members (excludes halogenated alkanes) is 14. The molecule has 0 spiro atoms. The van der Waals surface area contributed by atoms with Crippen molar-refractivity contribution in [1.82, 2.24) is 5.32 Å². The summed E-state index contributed by atoms with van der Waals surface area (Å²) in [6.07, 6.45) is 19.7. The Kier molecular flexibility index (Phi) is 17.3. The van der Waals surface area contributed by atoms with Crippen molar-refractivity contribution in [1.29, 1.82) is 0 Å². The topological polar surface area (TPSA) is 55.4 Å². The van der Waals surface area contributed by atoms with Crippen molar-refractivity contribution in [2.75, 3.05) is 6.61 Å². The van der Waals surface area contributed by atoms with Crippen LogP contribution >= 0.6 is 0 Å². The Hall–Kier alpha value is -1.84. The number of ether oxygens (including phenoxy) is 1. The molecule has 0 saturated heterocycles. The van der Waals surface area contributed by atoms with Crippen LogP contribution in [0.5, 0.6) is 0 Å². The van der Waals surface area contributed by atoms with Crippen molar-refractivity contribution in [3.05, 3.63) is 35.4 Å². The average molecular weight is 474 g/mol. The number of esters is 1. The van der Waals surface area contributed by atoms with Gasteiger partial charge in [-0.3, -0.25) is 4.79 Å². The van der Waals surface area contributed by atoms with Crippen LogP contribution in [0.2, 0.25) is 0 Å². The number of amides is 1. The highest BCUT2D eigenvalue weighted by Crippen LogP contribution is 2.14. The molecule has 4 heteroatoms.